The Morgan fingerprint density at radius 3 is 2.29 bits per heavy atom. The maximum Gasteiger partial charge on any atom is 0.111 e. The molecule has 0 heterocycles. The van der Waals surface area contributed by atoms with Gasteiger partial charge in [0.05, 0.1) is 12.7 Å². The molecule has 0 amide bonds. The van der Waals surface area contributed by atoms with Crippen LogP contribution in [0.5, 0.6) is 0 Å². The van der Waals surface area contributed by atoms with E-state index in [1.165, 1.54) is 0 Å². The van der Waals surface area contributed by atoms with E-state index in [4.69, 9.17) is 5.11 Å². The largest absolute Gasteiger partial charge is 1.00 e. The van der Waals surface area contributed by atoms with Crippen LogP contribution < -0.4 is 18.1 Å². The Kier molecular flexibility index (Phi) is 6.49. The van der Waals surface area contributed by atoms with Crippen LogP contribution in [0.15, 0.2) is 30.3 Å². The van der Waals surface area contributed by atoms with E-state index < -0.39 is 6.10 Å². The first-order chi connectivity index (χ1) is 6.24. The van der Waals surface area contributed by atoms with Crippen molar-refractivity contribution < 1.29 is 28.4 Å². The van der Waals surface area contributed by atoms with Gasteiger partial charge >= 0.3 is 0 Å². The van der Waals surface area contributed by atoms with Crippen LogP contribution in [-0.2, 0) is 0 Å². The van der Waals surface area contributed by atoms with Crippen molar-refractivity contribution in [1.29, 1.82) is 0 Å². The number of hydrogen-bond donors (Lipinski definition) is 3. The summed E-state index contributed by atoms with van der Waals surface area (Å²) in [6, 6.07) is 9.31. The molecular weight excluding hydrogens is 202 g/mol. The van der Waals surface area contributed by atoms with Crippen molar-refractivity contribution in [2.45, 2.75) is 18.6 Å². The summed E-state index contributed by atoms with van der Waals surface area (Å²) in [6.45, 7) is 0.0178. The van der Waals surface area contributed by atoms with Crippen LogP contribution in [0.3, 0.4) is 0 Å². The average Bonchev–Trinajstić information content (AvgIpc) is 2.19. The lowest BCUT2D eigenvalue weighted by Gasteiger charge is -2.12. The van der Waals surface area contributed by atoms with Crippen LogP contribution in [0.1, 0.15) is 18.1 Å². The van der Waals surface area contributed by atoms with Crippen molar-refractivity contribution in [3.8, 4) is 0 Å². The van der Waals surface area contributed by atoms with Gasteiger partial charge in [-0.15, -0.1) is 0 Å². The maximum atomic E-state index is 9.67. The zero-order valence-corrected chi connectivity index (χ0v) is 8.69. The molecule has 0 aliphatic heterocycles. The Labute approximate surface area is 90.0 Å². The fourth-order valence-electron chi connectivity index (χ4n) is 1.20. The Balaban J connectivity index is 0.00000169. The second-order valence-corrected chi connectivity index (χ2v) is 3.21. The summed E-state index contributed by atoms with van der Waals surface area (Å²) in [5.74, 6) is 0. The van der Waals surface area contributed by atoms with Crippen LogP contribution in [0.2, 0.25) is 0 Å². The minimum Gasteiger partial charge on any atom is -1.00 e. The van der Waals surface area contributed by atoms with Gasteiger partial charge in [0, 0.05) is 6.42 Å². The standard InChI is InChI=1S/C10H15NO2.ClH/c11-9(7-12)6-10(13)8-4-2-1-3-5-8;/h1-5,9-10,12-13H,6-7,11H2;1H/t9-,10-;/m1./s1. The predicted molar refractivity (Wildman–Crippen MR) is 49.8 cm³/mol. The molecule has 1 aromatic carbocycles. The summed E-state index contributed by atoms with van der Waals surface area (Å²) in [5, 5.41) is 18.4. The third kappa shape index (κ3) is 4.07. The van der Waals surface area contributed by atoms with Gasteiger partial charge in [-0.25, -0.2) is 0 Å². The Hall–Kier alpha value is -0.610. The summed E-state index contributed by atoms with van der Waals surface area (Å²) in [6.07, 6.45) is -0.0172. The zero-order chi connectivity index (χ0) is 9.68. The van der Waals surface area contributed by atoms with Gasteiger partial charge in [0.1, 0.15) is 6.04 Å². The third-order valence-electron chi connectivity index (χ3n) is 2.00. The van der Waals surface area contributed by atoms with Crippen molar-refractivity contribution in [1.82, 2.24) is 0 Å². The second kappa shape index (κ2) is 6.79. The quantitative estimate of drug-likeness (QED) is 0.495. The molecule has 0 spiro atoms. The highest BCUT2D eigenvalue weighted by Crippen LogP contribution is 2.16. The summed E-state index contributed by atoms with van der Waals surface area (Å²) in [7, 11) is 0. The van der Waals surface area contributed by atoms with E-state index in [0.29, 0.717) is 6.42 Å². The first-order valence-electron chi connectivity index (χ1n) is 4.41. The molecular formula is C10H16ClNO2. The Morgan fingerprint density at radius 1 is 1.21 bits per heavy atom. The molecule has 0 aromatic heterocycles. The molecule has 0 aliphatic carbocycles. The van der Waals surface area contributed by atoms with Crippen molar-refractivity contribution in [2.24, 2.45) is 0 Å². The molecule has 0 unspecified atom stereocenters. The van der Waals surface area contributed by atoms with Gasteiger partial charge in [0.2, 0.25) is 0 Å². The molecule has 0 aliphatic rings. The topological polar surface area (TPSA) is 68.1 Å². The van der Waals surface area contributed by atoms with Crippen molar-refractivity contribution in [3.63, 3.8) is 0 Å². The lowest BCUT2D eigenvalue weighted by Crippen LogP contribution is -3.00. The number of rotatable bonds is 4. The number of benzene rings is 1. The van der Waals surface area contributed by atoms with Crippen LogP contribution >= 0.6 is 0 Å². The van der Waals surface area contributed by atoms with Gasteiger partial charge in [-0.1, -0.05) is 30.3 Å². The first-order valence-corrected chi connectivity index (χ1v) is 4.41. The van der Waals surface area contributed by atoms with E-state index in [1.54, 1.807) is 0 Å². The monoisotopic (exact) mass is 217 g/mol. The lowest BCUT2D eigenvalue weighted by atomic mass is 10.0. The van der Waals surface area contributed by atoms with Crippen LogP contribution in [-0.4, -0.2) is 22.9 Å². The minimum atomic E-state index is -0.518. The number of halogens is 1. The Bertz CT molecular complexity index is 243. The van der Waals surface area contributed by atoms with Gasteiger partial charge in [-0.05, 0) is 5.56 Å². The summed E-state index contributed by atoms with van der Waals surface area (Å²) in [4.78, 5) is 0. The van der Waals surface area contributed by atoms with Gasteiger partial charge in [0.25, 0.3) is 0 Å². The zero-order valence-electron chi connectivity index (χ0n) is 7.94. The van der Waals surface area contributed by atoms with Gasteiger partial charge in [-0.3, -0.25) is 0 Å². The highest BCUT2D eigenvalue weighted by atomic mass is 35.5. The van der Waals surface area contributed by atoms with Gasteiger partial charge < -0.3 is 28.4 Å². The molecule has 5 N–H and O–H groups in total. The second-order valence-electron chi connectivity index (χ2n) is 3.21. The van der Waals surface area contributed by atoms with Crippen molar-refractivity contribution in [2.75, 3.05) is 6.61 Å². The molecule has 14 heavy (non-hydrogen) atoms. The Morgan fingerprint density at radius 2 is 1.79 bits per heavy atom. The molecule has 4 heteroatoms. The molecule has 0 bridgehead atoms. The van der Waals surface area contributed by atoms with E-state index >= 15 is 0 Å². The van der Waals surface area contributed by atoms with Crippen molar-refractivity contribution in [3.05, 3.63) is 35.9 Å². The van der Waals surface area contributed by atoms with Gasteiger partial charge in [0.15, 0.2) is 0 Å². The summed E-state index contributed by atoms with van der Waals surface area (Å²) in [5.41, 5.74) is 4.59. The number of aliphatic hydroxyl groups is 2. The number of aliphatic hydroxyl groups excluding tert-OH is 2. The first kappa shape index (κ1) is 13.4. The molecule has 1 aromatic rings. The molecule has 0 fully saturated rings. The smallest absolute Gasteiger partial charge is 0.111 e. The normalized spacial score (nSPS) is 14.2. The van der Waals surface area contributed by atoms with E-state index in [0.717, 1.165) is 5.56 Å². The average molecular weight is 218 g/mol. The number of quaternary nitrogens is 1. The summed E-state index contributed by atoms with van der Waals surface area (Å²) >= 11 is 0. The molecule has 0 radical (unpaired) electrons. The molecule has 2 atom stereocenters. The fourth-order valence-corrected chi connectivity index (χ4v) is 1.20. The SMILES string of the molecule is [Cl-].[NH3+][C@@H](CO)C[C@@H](O)c1ccccc1. The molecule has 0 saturated heterocycles. The number of hydrogen-bond acceptors (Lipinski definition) is 2. The van der Waals surface area contributed by atoms with E-state index in [2.05, 4.69) is 5.73 Å². The van der Waals surface area contributed by atoms with E-state index in [1.807, 2.05) is 30.3 Å². The van der Waals surface area contributed by atoms with E-state index in [9.17, 15) is 5.11 Å². The van der Waals surface area contributed by atoms with Crippen LogP contribution in [0.4, 0.5) is 0 Å². The van der Waals surface area contributed by atoms with Crippen LogP contribution in [0.25, 0.3) is 0 Å². The highest BCUT2D eigenvalue weighted by Gasteiger charge is 2.13. The molecule has 1 rings (SSSR count). The van der Waals surface area contributed by atoms with Crippen LogP contribution in [0, 0.1) is 0 Å². The third-order valence-corrected chi connectivity index (χ3v) is 2.00. The predicted octanol–water partition coefficient (Wildman–Crippen LogP) is -3.28. The molecule has 3 nitrogen and oxygen atoms in total. The molecule has 80 valence electrons. The van der Waals surface area contributed by atoms with E-state index in [-0.39, 0.29) is 25.1 Å². The van der Waals surface area contributed by atoms with Crippen molar-refractivity contribution >= 4 is 0 Å². The summed E-state index contributed by atoms with van der Waals surface area (Å²) < 4.78 is 0. The highest BCUT2D eigenvalue weighted by molar-refractivity contribution is 5.17. The fraction of sp³-hybridized carbons (Fsp3) is 0.400. The lowest BCUT2D eigenvalue weighted by molar-refractivity contribution is -0.429. The molecule has 0 saturated carbocycles. The van der Waals surface area contributed by atoms with Gasteiger partial charge in [-0.2, -0.15) is 0 Å². The maximum absolute atomic E-state index is 9.67. The minimum absolute atomic E-state index is 0.